The molecule has 0 aliphatic rings. The second kappa shape index (κ2) is 7.19. The molecule has 0 aliphatic carbocycles. The molecule has 4 aromatic rings. The average molecular weight is 388 g/mol. The summed E-state index contributed by atoms with van der Waals surface area (Å²) in [4.78, 5) is 25.1. The minimum absolute atomic E-state index is 0.278. The highest BCUT2D eigenvalue weighted by Gasteiger charge is 2.14. The molecule has 0 bridgehead atoms. The number of nitrogens with zero attached hydrogens (tertiary/aromatic N) is 6. The van der Waals surface area contributed by atoms with E-state index in [9.17, 15) is 4.79 Å². The molecule has 4 aromatic heterocycles. The molecule has 4 rings (SSSR count). The molecule has 2 N–H and O–H groups in total. The molecule has 0 spiro atoms. The van der Waals surface area contributed by atoms with Crippen LogP contribution in [0.15, 0.2) is 49.6 Å². The van der Waals surface area contributed by atoms with Crippen LogP contribution in [0.5, 0.6) is 0 Å². The second-order valence-corrected chi connectivity index (χ2v) is 6.67. The monoisotopic (exact) mass is 388 g/mol. The summed E-state index contributed by atoms with van der Waals surface area (Å²) in [6, 6.07) is 3.73. The number of pyridine rings is 1. The average Bonchev–Trinajstić information content (AvgIpc) is 3.26. The Bertz CT molecular complexity index is 1240. The van der Waals surface area contributed by atoms with Crippen LogP contribution in [-0.2, 0) is 11.8 Å². The van der Waals surface area contributed by atoms with E-state index >= 15 is 0 Å². The molecule has 0 fully saturated rings. The van der Waals surface area contributed by atoms with Gasteiger partial charge in [-0.05, 0) is 31.6 Å². The van der Waals surface area contributed by atoms with Gasteiger partial charge in [-0.25, -0.2) is 9.97 Å². The Kier molecular flexibility index (Phi) is 4.55. The van der Waals surface area contributed by atoms with E-state index in [-0.39, 0.29) is 5.91 Å². The molecule has 4 heterocycles. The molecule has 9 nitrogen and oxygen atoms in total. The van der Waals surface area contributed by atoms with E-state index in [1.807, 2.05) is 50.0 Å². The number of carbonyl (C=O) groups is 1. The summed E-state index contributed by atoms with van der Waals surface area (Å²) < 4.78 is 3.62. The van der Waals surface area contributed by atoms with Crippen LogP contribution in [0.3, 0.4) is 0 Å². The van der Waals surface area contributed by atoms with Gasteiger partial charge in [0, 0.05) is 42.7 Å². The third-order valence-electron chi connectivity index (χ3n) is 4.42. The number of anilines is 3. The third-order valence-corrected chi connectivity index (χ3v) is 4.42. The first-order chi connectivity index (χ1) is 13.9. The number of rotatable bonds is 5. The number of aryl methyl sites for hydroxylation is 3. The van der Waals surface area contributed by atoms with Crippen molar-refractivity contribution in [1.29, 1.82) is 0 Å². The van der Waals surface area contributed by atoms with Gasteiger partial charge in [-0.2, -0.15) is 10.1 Å². The fraction of sp³-hybridized carbons (Fsp3) is 0.150. The van der Waals surface area contributed by atoms with Crippen molar-refractivity contribution in [2.45, 2.75) is 13.8 Å². The van der Waals surface area contributed by atoms with E-state index in [0.29, 0.717) is 23.3 Å². The smallest absolute Gasteiger partial charge is 0.247 e. The van der Waals surface area contributed by atoms with E-state index < -0.39 is 0 Å². The van der Waals surface area contributed by atoms with Crippen LogP contribution in [-0.4, -0.2) is 35.2 Å². The molecule has 0 saturated heterocycles. The first-order valence-electron chi connectivity index (χ1n) is 8.96. The Morgan fingerprint density at radius 1 is 1.21 bits per heavy atom. The van der Waals surface area contributed by atoms with E-state index in [2.05, 4.69) is 37.3 Å². The minimum atomic E-state index is -0.278. The lowest BCUT2D eigenvalue weighted by atomic mass is 10.2. The van der Waals surface area contributed by atoms with Crippen LogP contribution in [0.25, 0.3) is 16.9 Å². The van der Waals surface area contributed by atoms with Crippen molar-refractivity contribution in [3.8, 4) is 5.82 Å². The number of hydrogen-bond acceptors (Lipinski definition) is 6. The van der Waals surface area contributed by atoms with E-state index in [4.69, 9.17) is 0 Å². The van der Waals surface area contributed by atoms with Gasteiger partial charge in [0.25, 0.3) is 0 Å². The van der Waals surface area contributed by atoms with Crippen molar-refractivity contribution in [3.63, 3.8) is 0 Å². The van der Waals surface area contributed by atoms with Crippen LogP contribution in [0.4, 0.5) is 17.5 Å². The zero-order chi connectivity index (χ0) is 20.5. The molecule has 146 valence electrons. The maximum Gasteiger partial charge on any atom is 0.247 e. The van der Waals surface area contributed by atoms with E-state index in [0.717, 1.165) is 22.2 Å². The topological polar surface area (TPSA) is 103 Å². The van der Waals surface area contributed by atoms with Gasteiger partial charge in [0.1, 0.15) is 11.5 Å². The molecule has 29 heavy (non-hydrogen) atoms. The minimum Gasteiger partial charge on any atom is -0.321 e. The Morgan fingerprint density at radius 2 is 2.03 bits per heavy atom. The Balaban J connectivity index is 1.74. The Hall–Kier alpha value is -4.01. The zero-order valence-corrected chi connectivity index (χ0v) is 16.3. The van der Waals surface area contributed by atoms with Crippen molar-refractivity contribution in [2.75, 3.05) is 10.6 Å². The summed E-state index contributed by atoms with van der Waals surface area (Å²) in [5.41, 5.74) is 3.27. The number of carbonyl (C=O) groups excluding carboxylic acids is 1. The molecular formula is C20H20N8O. The highest BCUT2D eigenvalue weighted by molar-refractivity contribution is 6.00. The molecule has 9 heteroatoms. The fourth-order valence-corrected chi connectivity index (χ4v) is 3.02. The summed E-state index contributed by atoms with van der Waals surface area (Å²) in [7, 11) is 1.85. The molecular weight excluding hydrogens is 368 g/mol. The Morgan fingerprint density at radius 3 is 2.76 bits per heavy atom. The van der Waals surface area contributed by atoms with Crippen LogP contribution >= 0.6 is 0 Å². The SMILES string of the molecule is C=CC(=O)Nc1cnc2c(c1)c(C)cn2-c1nc(Nc2ccn(C)n2)ncc1C. The van der Waals surface area contributed by atoms with Crippen LogP contribution in [0, 0.1) is 13.8 Å². The highest BCUT2D eigenvalue weighted by Crippen LogP contribution is 2.26. The summed E-state index contributed by atoms with van der Waals surface area (Å²) in [6.07, 6.45) is 8.41. The van der Waals surface area contributed by atoms with Gasteiger partial charge in [0.15, 0.2) is 5.82 Å². The predicted octanol–water partition coefficient (Wildman–Crippen LogP) is 3.03. The van der Waals surface area contributed by atoms with Crippen LogP contribution in [0.2, 0.25) is 0 Å². The highest BCUT2D eigenvalue weighted by atomic mass is 16.1. The van der Waals surface area contributed by atoms with Crippen molar-refractivity contribution in [3.05, 3.63) is 60.7 Å². The predicted molar refractivity (Wildman–Crippen MR) is 111 cm³/mol. The number of aromatic nitrogens is 6. The summed E-state index contributed by atoms with van der Waals surface area (Å²) in [6.45, 7) is 7.40. The molecule has 1 amide bonds. The zero-order valence-electron chi connectivity index (χ0n) is 16.3. The summed E-state index contributed by atoms with van der Waals surface area (Å²) in [5, 5.41) is 11.1. The van der Waals surface area contributed by atoms with E-state index in [1.54, 1.807) is 17.1 Å². The molecule has 0 unspecified atom stereocenters. The Labute approximate surface area is 167 Å². The lowest BCUT2D eigenvalue weighted by Gasteiger charge is -2.10. The lowest BCUT2D eigenvalue weighted by Crippen LogP contribution is -2.08. The molecule has 0 atom stereocenters. The normalized spacial score (nSPS) is 10.9. The van der Waals surface area contributed by atoms with Gasteiger partial charge >= 0.3 is 0 Å². The van der Waals surface area contributed by atoms with Gasteiger partial charge in [-0.3, -0.25) is 14.0 Å². The van der Waals surface area contributed by atoms with Gasteiger partial charge < -0.3 is 10.6 Å². The fourth-order valence-electron chi connectivity index (χ4n) is 3.02. The van der Waals surface area contributed by atoms with Gasteiger partial charge in [0.2, 0.25) is 11.9 Å². The number of nitrogens with one attached hydrogen (secondary N) is 2. The van der Waals surface area contributed by atoms with Gasteiger partial charge in [0.05, 0.1) is 11.9 Å². The van der Waals surface area contributed by atoms with Crippen molar-refractivity contribution >= 4 is 34.4 Å². The van der Waals surface area contributed by atoms with E-state index in [1.165, 1.54) is 6.08 Å². The maximum atomic E-state index is 11.6. The number of hydrogen-bond donors (Lipinski definition) is 2. The van der Waals surface area contributed by atoms with Gasteiger partial charge in [-0.15, -0.1) is 0 Å². The molecule has 0 aromatic carbocycles. The van der Waals surface area contributed by atoms with Crippen molar-refractivity contribution in [1.82, 2.24) is 29.3 Å². The quantitative estimate of drug-likeness (QED) is 0.510. The third kappa shape index (κ3) is 3.57. The van der Waals surface area contributed by atoms with Crippen LogP contribution < -0.4 is 10.6 Å². The van der Waals surface area contributed by atoms with Gasteiger partial charge in [-0.1, -0.05) is 6.58 Å². The largest absolute Gasteiger partial charge is 0.321 e. The summed E-state index contributed by atoms with van der Waals surface area (Å²) >= 11 is 0. The standard InChI is InChI=1S/C20H20N8O/c1-5-17(29)23-14-8-15-13(3)11-28(19(15)21-10-14)18-12(2)9-22-20(25-18)24-16-6-7-27(4)26-16/h5-11H,1H2,2-4H3,(H,23,29)(H,22,24,25,26). The summed E-state index contributed by atoms with van der Waals surface area (Å²) in [5.74, 6) is 1.54. The molecule has 0 saturated carbocycles. The van der Waals surface area contributed by atoms with Crippen molar-refractivity contribution in [2.24, 2.45) is 7.05 Å². The number of amides is 1. The number of fused-ring (bicyclic) bond motifs is 1. The first-order valence-corrected chi connectivity index (χ1v) is 8.96. The first kappa shape index (κ1) is 18.4. The molecule has 0 aliphatic heterocycles. The molecule has 0 radical (unpaired) electrons. The van der Waals surface area contributed by atoms with Crippen molar-refractivity contribution < 1.29 is 4.79 Å². The maximum absolute atomic E-state index is 11.6. The van der Waals surface area contributed by atoms with Crippen LogP contribution in [0.1, 0.15) is 11.1 Å². The second-order valence-electron chi connectivity index (χ2n) is 6.67. The lowest BCUT2D eigenvalue weighted by molar-refractivity contribution is -0.111.